The molecule has 2 atom stereocenters. The Morgan fingerprint density at radius 1 is 1.15 bits per heavy atom. The highest BCUT2D eigenvalue weighted by atomic mass is 19.4. The van der Waals surface area contributed by atoms with Gasteiger partial charge in [-0.2, -0.15) is 13.2 Å². The van der Waals surface area contributed by atoms with Crippen LogP contribution >= 0.6 is 0 Å². The third kappa shape index (κ3) is 5.37. The first-order valence-electron chi connectivity index (χ1n) is 8.38. The van der Waals surface area contributed by atoms with Crippen LogP contribution in [0.15, 0.2) is 30.3 Å². The second-order valence-electron chi connectivity index (χ2n) is 7.31. The average Bonchev–Trinajstić information content (AvgIpc) is 2.52. The second kappa shape index (κ2) is 7.55. The lowest BCUT2D eigenvalue weighted by atomic mass is 9.85. The first kappa shape index (κ1) is 20.1. The molecule has 0 aromatic heterocycles. The summed E-state index contributed by atoms with van der Waals surface area (Å²) in [7, 11) is 0. The summed E-state index contributed by atoms with van der Waals surface area (Å²) in [5.41, 5.74) is 0.162. The van der Waals surface area contributed by atoms with Crippen LogP contribution in [-0.4, -0.2) is 47.8 Å². The number of nitrogens with one attached hydrogen (secondary N) is 1. The Balaban J connectivity index is 2.19. The van der Waals surface area contributed by atoms with Gasteiger partial charge in [-0.1, -0.05) is 30.3 Å². The van der Waals surface area contributed by atoms with E-state index in [9.17, 15) is 22.8 Å². The van der Waals surface area contributed by atoms with E-state index in [1.165, 1.54) is 0 Å². The summed E-state index contributed by atoms with van der Waals surface area (Å²) in [5.74, 6) is -2.10. The number of likely N-dealkylation sites (tertiary alicyclic amines) is 1. The number of amides is 2. The molecule has 26 heavy (non-hydrogen) atoms. The fourth-order valence-corrected chi connectivity index (χ4v) is 3.02. The van der Waals surface area contributed by atoms with E-state index in [-0.39, 0.29) is 19.0 Å². The number of hydrogen-bond donors (Lipinski definition) is 1. The molecule has 8 heteroatoms. The van der Waals surface area contributed by atoms with Crippen LogP contribution in [0.1, 0.15) is 38.7 Å². The first-order valence-corrected chi connectivity index (χ1v) is 8.38. The molecule has 1 fully saturated rings. The predicted molar refractivity (Wildman–Crippen MR) is 89.6 cm³/mol. The number of alkyl halides is 3. The van der Waals surface area contributed by atoms with Gasteiger partial charge in [0.15, 0.2) is 0 Å². The summed E-state index contributed by atoms with van der Waals surface area (Å²) in [6.45, 7) is 4.84. The van der Waals surface area contributed by atoms with Crippen molar-refractivity contribution >= 4 is 12.0 Å². The summed E-state index contributed by atoms with van der Waals surface area (Å²) < 4.78 is 43.5. The maximum absolute atomic E-state index is 12.8. The number of piperidine rings is 1. The maximum atomic E-state index is 12.8. The minimum atomic E-state index is -4.93. The monoisotopic (exact) mass is 372 g/mol. The van der Waals surface area contributed by atoms with Gasteiger partial charge in [0.1, 0.15) is 5.60 Å². The van der Waals surface area contributed by atoms with Crippen molar-refractivity contribution < 1.29 is 27.5 Å². The Labute approximate surface area is 150 Å². The van der Waals surface area contributed by atoms with Crippen LogP contribution in [0.4, 0.5) is 18.0 Å². The molecule has 0 spiro atoms. The molecule has 0 aliphatic carbocycles. The SMILES string of the molecule is CC(C)(C)OC(=O)N[C@@H]1CN(C(=O)C(F)(F)F)CC[C@H]1c1ccccc1. The molecule has 0 saturated carbocycles. The summed E-state index contributed by atoms with van der Waals surface area (Å²) in [4.78, 5) is 24.4. The van der Waals surface area contributed by atoms with Crippen molar-refractivity contribution in [3.63, 3.8) is 0 Å². The minimum Gasteiger partial charge on any atom is -0.444 e. The molecule has 5 nitrogen and oxygen atoms in total. The fraction of sp³-hybridized carbons (Fsp3) is 0.556. The standard InChI is InChI=1S/C18H23F3N2O3/c1-17(2,3)26-16(25)22-14-11-23(15(24)18(19,20)21)10-9-13(14)12-7-5-4-6-8-12/h4-8,13-14H,9-11H2,1-3H3,(H,22,25)/t13-,14+/m0/s1. The second-order valence-corrected chi connectivity index (χ2v) is 7.31. The highest BCUT2D eigenvalue weighted by molar-refractivity contribution is 5.82. The molecule has 1 heterocycles. The van der Waals surface area contributed by atoms with Gasteiger partial charge in [0, 0.05) is 19.0 Å². The maximum Gasteiger partial charge on any atom is 0.471 e. The number of rotatable bonds is 2. The third-order valence-electron chi connectivity index (χ3n) is 4.07. The molecule has 1 N–H and O–H groups in total. The summed E-state index contributed by atoms with van der Waals surface area (Å²) in [6.07, 6.45) is -5.34. The zero-order valence-corrected chi connectivity index (χ0v) is 15.0. The summed E-state index contributed by atoms with van der Waals surface area (Å²) in [6, 6.07) is 8.53. The highest BCUT2D eigenvalue weighted by Crippen LogP contribution is 2.31. The van der Waals surface area contributed by atoms with E-state index in [1.807, 2.05) is 30.3 Å². The zero-order chi connectivity index (χ0) is 19.5. The molecule has 2 rings (SSSR count). The lowest BCUT2D eigenvalue weighted by Gasteiger charge is -2.39. The molecule has 0 unspecified atom stereocenters. The van der Waals surface area contributed by atoms with E-state index in [0.717, 1.165) is 10.5 Å². The molecular formula is C18H23F3N2O3. The number of carbonyl (C=O) groups excluding carboxylic acids is 2. The van der Waals surface area contributed by atoms with Crippen molar-refractivity contribution in [1.82, 2.24) is 10.2 Å². The van der Waals surface area contributed by atoms with Crippen molar-refractivity contribution in [3.8, 4) is 0 Å². The lowest BCUT2D eigenvalue weighted by Crippen LogP contribution is -2.56. The third-order valence-corrected chi connectivity index (χ3v) is 4.07. The fourth-order valence-electron chi connectivity index (χ4n) is 3.02. The quantitative estimate of drug-likeness (QED) is 0.865. The number of benzene rings is 1. The van der Waals surface area contributed by atoms with Gasteiger partial charge < -0.3 is 15.0 Å². The van der Waals surface area contributed by atoms with Gasteiger partial charge in [0.25, 0.3) is 0 Å². The summed E-state index contributed by atoms with van der Waals surface area (Å²) in [5, 5.41) is 2.64. The van der Waals surface area contributed by atoms with Crippen LogP contribution in [0.2, 0.25) is 0 Å². The van der Waals surface area contributed by atoms with Crippen molar-refractivity contribution in [3.05, 3.63) is 35.9 Å². The molecule has 2 amide bonds. The van der Waals surface area contributed by atoms with Crippen LogP contribution in [-0.2, 0) is 9.53 Å². The highest BCUT2D eigenvalue weighted by Gasteiger charge is 2.45. The van der Waals surface area contributed by atoms with Gasteiger partial charge in [0.2, 0.25) is 0 Å². The smallest absolute Gasteiger partial charge is 0.444 e. The normalized spacial score (nSPS) is 21.2. The largest absolute Gasteiger partial charge is 0.471 e. The van der Waals surface area contributed by atoms with Crippen LogP contribution < -0.4 is 5.32 Å². The van der Waals surface area contributed by atoms with Crippen LogP contribution in [0.3, 0.4) is 0 Å². The molecule has 0 bridgehead atoms. The number of halogens is 3. The topological polar surface area (TPSA) is 58.6 Å². The van der Waals surface area contributed by atoms with Gasteiger partial charge >= 0.3 is 18.2 Å². The van der Waals surface area contributed by atoms with Crippen molar-refractivity contribution in [2.24, 2.45) is 0 Å². The molecule has 0 radical (unpaired) electrons. The Kier molecular flexibility index (Phi) is 5.83. The number of alkyl carbamates (subject to hydrolysis) is 1. The van der Waals surface area contributed by atoms with E-state index in [2.05, 4.69) is 5.32 Å². The predicted octanol–water partition coefficient (Wildman–Crippen LogP) is 3.46. The Morgan fingerprint density at radius 2 is 1.77 bits per heavy atom. The van der Waals surface area contributed by atoms with Gasteiger partial charge in [-0.05, 0) is 32.8 Å². The first-order chi connectivity index (χ1) is 12.0. The summed E-state index contributed by atoms with van der Waals surface area (Å²) >= 11 is 0. The lowest BCUT2D eigenvalue weighted by molar-refractivity contribution is -0.186. The van der Waals surface area contributed by atoms with Crippen molar-refractivity contribution in [2.45, 2.75) is 50.9 Å². The number of ether oxygens (including phenoxy) is 1. The molecular weight excluding hydrogens is 349 g/mol. The number of nitrogens with zero attached hydrogens (tertiary/aromatic N) is 1. The molecule has 1 aliphatic heterocycles. The van der Waals surface area contributed by atoms with Crippen LogP contribution in [0.25, 0.3) is 0 Å². The Bertz CT molecular complexity index is 641. The number of hydrogen-bond acceptors (Lipinski definition) is 3. The Hall–Kier alpha value is -2.25. The van der Waals surface area contributed by atoms with E-state index in [1.54, 1.807) is 20.8 Å². The van der Waals surface area contributed by atoms with Gasteiger partial charge in [-0.15, -0.1) is 0 Å². The molecule has 1 aromatic rings. The minimum absolute atomic E-state index is 0.0234. The average molecular weight is 372 g/mol. The van der Waals surface area contributed by atoms with E-state index in [4.69, 9.17) is 4.74 Å². The van der Waals surface area contributed by atoms with Gasteiger partial charge in [-0.3, -0.25) is 4.79 Å². The van der Waals surface area contributed by atoms with Crippen LogP contribution in [0.5, 0.6) is 0 Å². The van der Waals surface area contributed by atoms with Crippen LogP contribution in [0, 0.1) is 0 Å². The number of carbonyl (C=O) groups is 2. The van der Waals surface area contributed by atoms with Crippen molar-refractivity contribution in [2.75, 3.05) is 13.1 Å². The van der Waals surface area contributed by atoms with Gasteiger partial charge in [0.05, 0.1) is 6.04 Å². The van der Waals surface area contributed by atoms with E-state index < -0.39 is 29.8 Å². The van der Waals surface area contributed by atoms with E-state index in [0.29, 0.717) is 6.42 Å². The molecule has 1 aromatic carbocycles. The molecule has 144 valence electrons. The van der Waals surface area contributed by atoms with E-state index >= 15 is 0 Å². The van der Waals surface area contributed by atoms with Crippen molar-refractivity contribution in [1.29, 1.82) is 0 Å². The molecule has 1 saturated heterocycles. The zero-order valence-electron chi connectivity index (χ0n) is 15.0. The molecule has 1 aliphatic rings. The van der Waals surface area contributed by atoms with Gasteiger partial charge in [-0.25, -0.2) is 4.79 Å². The Morgan fingerprint density at radius 3 is 2.31 bits per heavy atom.